The van der Waals surface area contributed by atoms with Gasteiger partial charge in [-0.05, 0) is 35.6 Å². The Morgan fingerprint density at radius 3 is 2.26 bits per heavy atom. The third-order valence-electron chi connectivity index (χ3n) is 6.26. The van der Waals surface area contributed by atoms with Crippen molar-refractivity contribution in [3.63, 3.8) is 0 Å². The van der Waals surface area contributed by atoms with E-state index in [-0.39, 0.29) is 17.9 Å². The number of hydrogen-bond acceptors (Lipinski definition) is 5. The highest BCUT2D eigenvalue weighted by atomic mass is 32.2. The number of benzene rings is 1. The number of rotatable bonds is 9. The van der Waals surface area contributed by atoms with Crippen molar-refractivity contribution in [2.24, 2.45) is 11.3 Å². The van der Waals surface area contributed by atoms with E-state index in [4.69, 9.17) is 4.74 Å². The molecule has 0 bridgehead atoms. The maximum Gasteiger partial charge on any atom is 0.573 e. The second-order valence-corrected chi connectivity index (χ2v) is 10.6. The van der Waals surface area contributed by atoms with Gasteiger partial charge in [0.05, 0.1) is 16.4 Å². The third kappa shape index (κ3) is 7.06. The van der Waals surface area contributed by atoms with Crippen molar-refractivity contribution in [2.45, 2.75) is 57.6 Å². The van der Waals surface area contributed by atoms with Crippen LogP contribution in [0, 0.1) is 11.3 Å². The summed E-state index contributed by atoms with van der Waals surface area (Å²) in [4.78, 5) is 24.2. The Hall–Kier alpha value is -3.09. The maximum atomic E-state index is 13.4. The van der Waals surface area contributed by atoms with E-state index in [0.29, 0.717) is 23.7 Å². The molecule has 1 aliphatic heterocycles. The zero-order chi connectivity index (χ0) is 28.5. The number of hydrogen-bond donors (Lipinski definition) is 2. The van der Waals surface area contributed by atoms with Crippen molar-refractivity contribution in [1.82, 2.24) is 5.32 Å². The highest BCUT2D eigenvalue weighted by Gasteiger charge is 2.45. The molecule has 6 nitrogen and oxygen atoms in total. The molecule has 3 atom stereocenters. The first kappa shape index (κ1) is 29.5. The summed E-state index contributed by atoms with van der Waals surface area (Å²) in [6, 6.07) is 3.37. The van der Waals surface area contributed by atoms with E-state index in [1.165, 1.54) is 24.3 Å². The predicted molar refractivity (Wildman–Crippen MR) is 127 cm³/mol. The lowest BCUT2D eigenvalue weighted by atomic mass is 9.81. The predicted octanol–water partition coefficient (Wildman–Crippen LogP) is 6.11. The molecule has 0 aromatic heterocycles. The van der Waals surface area contributed by atoms with Gasteiger partial charge in [-0.2, -0.15) is 13.2 Å². The topological polar surface area (TPSA) is 84.9 Å². The average Bonchev–Trinajstić information content (AvgIpc) is 3.26. The summed E-state index contributed by atoms with van der Waals surface area (Å²) in [7, 11) is 0. The van der Waals surface area contributed by atoms with Crippen molar-refractivity contribution in [3.05, 3.63) is 64.3 Å². The minimum Gasteiger partial charge on any atom is -0.492 e. The average molecular weight is 566 g/mol. The highest BCUT2D eigenvalue weighted by Crippen LogP contribution is 2.50. The summed E-state index contributed by atoms with van der Waals surface area (Å²) >= 11 is 0.561. The molecule has 2 unspecified atom stereocenters. The SMILES string of the molecule is CCC(C)(C)[C@H](NC(=O)C1=C(OCc2ccc(OC(F)(F)F)cc2)C2C=C(C(F)(F)F)SC2C=C1)C(=O)O. The number of fused-ring (bicyclic) bond motifs is 1. The Kier molecular flexibility index (Phi) is 8.49. The van der Waals surface area contributed by atoms with Gasteiger partial charge in [-0.15, -0.1) is 24.9 Å². The van der Waals surface area contributed by atoms with Crippen molar-refractivity contribution >= 4 is 23.6 Å². The molecule has 0 saturated heterocycles. The normalized spacial score (nSPS) is 20.5. The number of carbonyl (C=O) groups excluding carboxylic acids is 1. The zero-order valence-corrected chi connectivity index (χ0v) is 21.3. The molecule has 1 aromatic rings. The number of aliphatic carboxylic acids is 1. The fourth-order valence-electron chi connectivity index (χ4n) is 3.83. The van der Waals surface area contributed by atoms with Gasteiger partial charge in [0, 0.05) is 5.25 Å². The van der Waals surface area contributed by atoms with Gasteiger partial charge in [0.2, 0.25) is 0 Å². The molecule has 0 spiro atoms. The van der Waals surface area contributed by atoms with Crippen LogP contribution in [-0.4, -0.2) is 40.8 Å². The van der Waals surface area contributed by atoms with E-state index in [0.717, 1.165) is 18.2 Å². The van der Waals surface area contributed by atoms with E-state index < -0.39 is 57.7 Å². The number of nitrogens with one attached hydrogen (secondary N) is 1. The molecule has 38 heavy (non-hydrogen) atoms. The lowest BCUT2D eigenvalue weighted by Crippen LogP contribution is -2.50. The second-order valence-electron chi connectivity index (χ2n) is 9.34. The minimum atomic E-state index is -4.88. The van der Waals surface area contributed by atoms with Crippen molar-refractivity contribution in [3.8, 4) is 5.75 Å². The van der Waals surface area contributed by atoms with Crippen molar-refractivity contribution in [2.75, 3.05) is 0 Å². The third-order valence-corrected chi connectivity index (χ3v) is 7.60. The molecular weight excluding hydrogens is 540 g/mol. The van der Waals surface area contributed by atoms with Crippen LogP contribution in [0.2, 0.25) is 0 Å². The number of allylic oxidation sites excluding steroid dienone is 2. The first-order valence-corrected chi connectivity index (χ1v) is 12.3. The Morgan fingerprint density at radius 1 is 1.11 bits per heavy atom. The van der Waals surface area contributed by atoms with Crippen LogP contribution in [0.1, 0.15) is 32.8 Å². The smallest absolute Gasteiger partial charge is 0.492 e. The summed E-state index contributed by atoms with van der Waals surface area (Å²) in [5.74, 6) is -3.66. The van der Waals surface area contributed by atoms with Gasteiger partial charge in [-0.3, -0.25) is 4.79 Å². The van der Waals surface area contributed by atoms with Crippen LogP contribution in [0.4, 0.5) is 26.3 Å². The van der Waals surface area contributed by atoms with Gasteiger partial charge in [0.25, 0.3) is 5.91 Å². The van der Waals surface area contributed by atoms with Gasteiger partial charge in [-0.25, -0.2) is 4.79 Å². The Balaban J connectivity index is 1.92. The standard InChI is InChI=1S/C25H25F6NO5S/c1-4-23(2,3)20(22(34)35)32-21(33)15-9-10-17-16(11-18(38-17)24(26,27)28)19(15)36-12-13-5-7-14(8-6-13)37-25(29,30)31/h5-11,16-17,20H,4,12H2,1-3H3,(H,32,33)(H,34,35)/t16?,17?,20-/m1/s1. The summed E-state index contributed by atoms with van der Waals surface area (Å²) in [5.41, 5.74) is -0.614. The van der Waals surface area contributed by atoms with Crippen LogP contribution in [0.15, 0.2) is 58.7 Å². The van der Waals surface area contributed by atoms with Crippen molar-refractivity contribution in [1.29, 1.82) is 0 Å². The van der Waals surface area contributed by atoms with E-state index >= 15 is 0 Å². The summed E-state index contributed by atoms with van der Waals surface area (Å²) < 4.78 is 87.1. The van der Waals surface area contributed by atoms with E-state index in [1.54, 1.807) is 20.8 Å². The van der Waals surface area contributed by atoms with Crippen LogP contribution >= 0.6 is 11.8 Å². The number of alkyl halides is 6. The molecule has 3 rings (SSSR count). The Labute approximate surface area is 218 Å². The first-order chi connectivity index (χ1) is 17.5. The molecule has 1 amide bonds. The van der Waals surface area contributed by atoms with Gasteiger partial charge in [0.1, 0.15) is 24.2 Å². The number of carbonyl (C=O) groups is 2. The molecule has 2 aliphatic rings. The van der Waals surface area contributed by atoms with E-state index in [1.807, 2.05) is 0 Å². The Morgan fingerprint density at radius 2 is 1.74 bits per heavy atom. The molecule has 1 heterocycles. The lowest BCUT2D eigenvalue weighted by molar-refractivity contribution is -0.274. The molecule has 0 radical (unpaired) electrons. The molecule has 13 heteroatoms. The first-order valence-electron chi connectivity index (χ1n) is 11.4. The Bertz CT molecular complexity index is 1150. The largest absolute Gasteiger partial charge is 0.573 e. The second kappa shape index (κ2) is 11.0. The summed E-state index contributed by atoms with van der Waals surface area (Å²) in [5, 5.41) is 11.4. The minimum absolute atomic E-state index is 0.101. The number of ether oxygens (including phenoxy) is 2. The fraction of sp³-hybridized carbons (Fsp3) is 0.440. The van der Waals surface area contributed by atoms with E-state index in [9.17, 15) is 41.0 Å². The zero-order valence-electron chi connectivity index (χ0n) is 20.4. The van der Waals surface area contributed by atoms with Crippen LogP contribution in [-0.2, 0) is 20.9 Å². The summed E-state index contributed by atoms with van der Waals surface area (Å²) in [6.07, 6.45) is -5.41. The van der Waals surface area contributed by atoms with Gasteiger partial charge >= 0.3 is 18.5 Å². The molecule has 0 fully saturated rings. The van der Waals surface area contributed by atoms with Crippen LogP contribution < -0.4 is 10.1 Å². The number of amides is 1. The molecule has 0 saturated carbocycles. The van der Waals surface area contributed by atoms with Gasteiger partial charge < -0.3 is 19.9 Å². The van der Waals surface area contributed by atoms with Gasteiger partial charge in [-0.1, -0.05) is 45.1 Å². The quantitative estimate of drug-likeness (QED) is 0.352. The number of carboxylic acid groups (broad SMARTS) is 1. The monoisotopic (exact) mass is 565 g/mol. The molecule has 208 valence electrons. The van der Waals surface area contributed by atoms with Crippen LogP contribution in [0.3, 0.4) is 0 Å². The molecule has 2 N–H and O–H groups in total. The number of carboxylic acids is 1. The van der Waals surface area contributed by atoms with Gasteiger partial charge in [0.15, 0.2) is 0 Å². The highest BCUT2D eigenvalue weighted by molar-refractivity contribution is 8.04. The lowest BCUT2D eigenvalue weighted by Gasteiger charge is -2.32. The fourth-order valence-corrected chi connectivity index (χ4v) is 4.99. The molecular formula is C25H25F6NO5S. The van der Waals surface area contributed by atoms with Crippen LogP contribution in [0.25, 0.3) is 0 Å². The van der Waals surface area contributed by atoms with Crippen molar-refractivity contribution < 1.29 is 50.5 Å². The van der Waals surface area contributed by atoms with E-state index in [2.05, 4.69) is 10.1 Å². The number of halogens is 6. The maximum absolute atomic E-state index is 13.4. The molecule has 1 aromatic carbocycles. The van der Waals surface area contributed by atoms with Crippen LogP contribution in [0.5, 0.6) is 5.75 Å². The summed E-state index contributed by atoms with van der Waals surface area (Å²) in [6.45, 7) is 4.79. The number of thioether (sulfide) groups is 1. The molecule has 1 aliphatic carbocycles.